The Hall–Kier alpha value is -1.82. The van der Waals surface area contributed by atoms with Crippen molar-refractivity contribution in [2.45, 2.75) is 31.6 Å². The van der Waals surface area contributed by atoms with Crippen molar-refractivity contribution >= 4 is 20.0 Å². The molecule has 2 aliphatic rings. The summed E-state index contributed by atoms with van der Waals surface area (Å²) in [6.07, 6.45) is 1.03. The lowest BCUT2D eigenvalue weighted by molar-refractivity contribution is -0.132. The van der Waals surface area contributed by atoms with E-state index >= 15 is 0 Å². The van der Waals surface area contributed by atoms with Crippen LogP contribution in [0.5, 0.6) is 5.75 Å². The van der Waals surface area contributed by atoms with Crippen LogP contribution in [-0.2, 0) is 10.3 Å². The quantitative estimate of drug-likeness (QED) is 0.672. The molecule has 1 N–H and O–H groups in total. The summed E-state index contributed by atoms with van der Waals surface area (Å²) >= 11 is 0. The van der Waals surface area contributed by atoms with Gasteiger partial charge in [0.25, 0.3) is 5.91 Å². The Morgan fingerprint density at radius 2 is 2.00 bits per heavy atom. The van der Waals surface area contributed by atoms with Crippen molar-refractivity contribution in [3.05, 3.63) is 29.8 Å². The second-order valence-electron chi connectivity index (χ2n) is 6.88. The van der Waals surface area contributed by atoms with Gasteiger partial charge in [-0.05, 0) is 6.07 Å². The minimum atomic E-state index is -1.56. The first-order valence-corrected chi connectivity index (χ1v) is 10.9. The van der Waals surface area contributed by atoms with E-state index in [0.717, 1.165) is 5.56 Å². The zero-order valence-electron chi connectivity index (χ0n) is 12.6. The number of nitrogens with zero attached hydrogens (tertiary/aromatic N) is 1. The summed E-state index contributed by atoms with van der Waals surface area (Å²) < 4.78 is 5.62. The van der Waals surface area contributed by atoms with Gasteiger partial charge in [0, 0.05) is 18.2 Å². The zero-order valence-corrected chi connectivity index (χ0v) is 13.6. The predicted octanol–water partition coefficient (Wildman–Crippen LogP) is 2.09. The SMILES string of the molecule is C[Si](C)(C)CN1C(=O)NC2(CCOc3ccccc32)C1=O. The summed E-state index contributed by atoms with van der Waals surface area (Å²) in [5, 5.41) is 2.93. The smallest absolute Gasteiger partial charge is 0.325 e. The van der Waals surface area contributed by atoms with Crippen LogP contribution in [0.4, 0.5) is 4.79 Å². The molecule has 3 amide bonds. The number of imide groups is 1. The van der Waals surface area contributed by atoms with Crippen molar-refractivity contribution in [3.63, 3.8) is 0 Å². The molecule has 1 spiro atoms. The van der Waals surface area contributed by atoms with E-state index in [2.05, 4.69) is 25.0 Å². The number of amides is 3. The molecule has 6 heteroatoms. The number of carbonyl (C=O) groups is 2. The van der Waals surface area contributed by atoms with Crippen LogP contribution < -0.4 is 10.1 Å². The van der Waals surface area contributed by atoms with Crippen LogP contribution in [0.3, 0.4) is 0 Å². The van der Waals surface area contributed by atoms with Crippen LogP contribution in [-0.4, -0.2) is 37.7 Å². The molecule has 2 aliphatic heterocycles. The molecule has 112 valence electrons. The third-order valence-electron chi connectivity index (χ3n) is 3.89. The number of nitrogens with one attached hydrogen (secondary N) is 1. The van der Waals surface area contributed by atoms with E-state index in [1.165, 1.54) is 4.90 Å². The van der Waals surface area contributed by atoms with Gasteiger partial charge in [-0.3, -0.25) is 9.69 Å². The molecular weight excluding hydrogens is 284 g/mol. The van der Waals surface area contributed by atoms with Gasteiger partial charge in [-0.1, -0.05) is 37.8 Å². The molecule has 1 fully saturated rings. The van der Waals surface area contributed by atoms with Crippen molar-refractivity contribution in [2.24, 2.45) is 0 Å². The van der Waals surface area contributed by atoms with E-state index in [1.54, 1.807) is 0 Å². The molecule has 1 aromatic carbocycles. The maximum atomic E-state index is 12.9. The average Bonchev–Trinajstić information content (AvgIpc) is 2.63. The Labute approximate surface area is 125 Å². The van der Waals surface area contributed by atoms with Gasteiger partial charge in [0.05, 0.1) is 14.7 Å². The Kier molecular flexibility index (Phi) is 3.09. The number of fused-ring (bicyclic) bond motifs is 2. The van der Waals surface area contributed by atoms with E-state index in [0.29, 0.717) is 24.9 Å². The van der Waals surface area contributed by atoms with E-state index in [9.17, 15) is 9.59 Å². The van der Waals surface area contributed by atoms with Crippen LogP contribution in [0.25, 0.3) is 0 Å². The monoisotopic (exact) mass is 304 g/mol. The molecule has 5 nitrogen and oxygen atoms in total. The highest BCUT2D eigenvalue weighted by Gasteiger charge is 2.55. The van der Waals surface area contributed by atoms with E-state index < -0.39 is 13.6 Å². The van der Waals surface area contributed by atoms with Gasteiger partial charge in [-0.25, -0.2) is 4.79 Å². The summed E-state index contributed by atoms with van der Waals surface area (Å²) in [6.45, 7) is 6.88. The minimum absolute atomic E-state index is 0.134. The maximum absolute atomic E-state index is 12.9. The topological polar surface area (TPSA) is 58.6 Å². The molecule has 1 unspecified atom stereocenters. The van der Waals surface area contributed by atoms with Gasteiger partial charge < -0.3 is 10.1 Å². The summed E-state index contributed by atoms with van der Waals surface area (Å²) in [7, 11) is -1.56. The number of carbonyl (C=O) groups excluding carboxylic acids is 2. The first kappa shape index (κ1) is 14.1. The number of hydrogen-bond acceptors (Lipinski definition) is 3. The Balaban J connectivity index is 2.01. The standard InChI is InChI=1S/C15H20N2O3Si/c1-21(2,3)10-17-13(18)15(16-14(17)19)8-9-20-12-7-5-4-6-11(12)15/h4-7H,8-10H2,1-3H3,(H,16,19). The summed E-state index contributed by atoms with van der Waals surface area (Å²) in [5.74, 6) is 0.554. The molecule has 21 heavy (non-hydrogen) atoms. The highest BCUT2D eigenvalue weighted by Crippen LogP contribution is 2.41. The van der Waals surface area contributed by atoms with E-state index in [-0.39, 0.29) is 11.9 Å². The fraction of sp³-hybridized carbons (Fsp3) is 0.467. The molecule has 0 saturated carbocycles. The molecule has 3 rings (SSSR count). The summed E-state index contributed by atoms with van der Waals surface area (Å²) in [6, 6.07) is 7.18. The van der Waals surface area contributed by atoms with Crippen LogP contribution in [0.15, 0.2) is 24.3 Å². The van der Waals surface area contributed by atoms with Crippen molar-refractivity contribution in [2.75, 3.05) is 12.8 Å². The van der Waals surface area contributed by atoms with Gasteiger partial charge in [0.15, 0.2) is 5.54 Å². The molecule has 0 bridgehead atoms. The molecule has 2 heterocycles. The van der Waals surface area contributed by atoms with Gasteiger partial charge >= 0.3 is 6.03 Å². The molecule has 0 radical (unpaired) electrons. The second-order valence-corrected chi connectivity index (χ2v) is 12.3. The van der Waals surface area contributed by atoms with Gasteiger partial charge in [0.1, 0.15) is 5.75 Å². The number of urea groups is 1. The Bertz CT molecular complexity index is 611. The number of benzene rings is 1. The maximum Gasteiger partial charge on any atom is 0.325 e. The molecule has 0 aromatic heterocycles. The molecule has 1 atom stereocenters. The Morgan fingerprint density at radius 3 is 2.71 bits per heavy atom. The van der Waals surface area contributed by atoms with Crippen molar-refractivity contribution in [3.8, 4) is 5.75 Å². The summed E-state index contributed by atoms with van der Waals surface area (Å²) in [4.78, 5) is 26.7. The summed E-state index contributed by atoms with van der Waals surface area (Å²) in [5.41, 5.74) is -0.168. The minimum Gasteiger partial charge on any atom is -0.493 e. The predicted molar refractivity (Wildman–Crippen MR) is 81.8 cm³/mol. The highest BCUT2D eigenvalue weighted by molar-refractivity contribution is 6.76. The fourth-order valence-electron chi connectivity index (χ4n) is 2.99. The lowest BCUT2D eigenvalue weighted by Crippen LogP contribution is -2.48. The van der Waals surface area contributed by atoms with Crippen molar-refractivity contribution in [1.82, 2.24) is 10.2 Å². The molecule has 1 aromatic rings. The lowest BCUT2D eigenvalue weighted by atomic mass is 9.84. The average molecular weight is 304 g/mol. The van der Waals surface area contributed by atoms with E-state index in [4.69, 9.17) is 4.74 Å². The van der Waals surface area contributed by atoms with Gasteiger partial charge in [-0.2, -0.15) is 0 Å². The third kappa shape index (κ3) is 2.23. The first-order chi connectivity index (χ1) is 9.83. The number of ether oxygens (including phenoxy) is 1. The zero-order chi connectivity index (χ0) is 15.3. The van der Waals surface area contributed by atoms with E-state index in [1.807, 2.05) is 24.3 Å². The van der Waals surface area contributed by atoms with Crippen LogP contribution in [0.1, 0.15) is 12.0 Å². The number of hydrogen-bond donors (Lipinski definition) is 1. The van der Waals surface area contributed by atoms with Crippen LogP contribution in [0.2, 0.25) is 19.6 Å². The molecule has 0 aliphatic carbocycles. The Morgan fingerprint density at radius 1 is 1.29 bits per heavy atom. The van der Waals surface area contributed by atoms with Gasteiger partial charge in [0.2, 0.25) is 0 Å². The molecule has 1 saturated heterocycles. The number of para-hydroxylation sites is 1. The fourth-order valence-corrected chi connectivity index (χ4v) is 4.23. The third-order valence-corrected chi connectivity index (χ3v) is 5.15. The van der Waals surface area contributed by atoms with Crippen LogP contribution in [0, 0.1) is 0 Å². The largest absolute Gasteiger partial charge is 0.493 e. The van der Waals surface area contributed by atoms with Gasteiger partial charge in [-0.15, -0.1) is 0 Å². The normalized spacial score (nSPS) is 24.8. The second kappa shape index (κ2) is 4.59. The first-order valence-electron chi connectivity index (χ1n) is 7.20. The van der Waals surface area contributed by atoms with Crippen molar-refractivity contribution < 1.29 is 14.3 Å². The molecular formula is C15H20N2O3Si. The number of rotatable bonds is 2. The highest BCUT2D eigenvalue weighted by atomic mass is 28.3. The van der Waals surface area contributed by atoms with Crippen LogP contribution >= 0.6 is 0 Å². The lowest BCUT2D eigenvalue weighted by Gasteiger charge is -2.33. The van der Waals surface area contributed by atoms with Crippen molar-refractivity contribution in [1.29, 1.82) is 0 Å².